The van der Waals surface area contributed by atoms with Crippen LogP contribution in [0, 0.1) is 0 Å². The number of fused-ring (bicyclic) bond motifs is 6. The van der Waals surface area contributed by atoms with E-state index in [2.05, 4.69) is 186 Å². The highest BCUT2D eigenvalue weighted by atomic mass is 16.3. The monoisotopic (exact) mass is 698 g/mol. The van der Waals surface area contributed by atoms with Gasteiger partial charge in [0.25, 0.3) is 0 Å². The molecule has 9 aromatic rings. The minimum absolute atomic E-state index is 0.401. The molecule has 2 aromatic heterocycles. The van der Waals surface area contributed by atoms with Crippen molar-refractivity contribution in [2.45, 2.75) is 25.4 Å². The van der Waals surface area contributed by atoms with Crippen molar-refractivity contribution in [3.8, 4) is 22.3 Å². The summed E-state index contributed by atoms with van der Waals surface area (Å²) < 4.78 is 5.96. The second-order valence-electron chi connectivity index (χ2n) is 14.2. The molecule has 0 fully saturated rings. The van der Waals surface area contributed by atoms with Crippen LogP contribution in [0.3, 0.4) is 0 Å². The molecule has 0 saturated heterocycles. The van der Waals surface area contributed by atoms with Gasteiger partial charge in [-0.05, 0) is 150 Å². The van der Waals surface area contributed by atoms with Gasteiger partial charge < -0.3 is 19.3 Å². The molecular weight excluding hydrogens is 661 g/mol. The zero-order chi connectivity index (χ0) is 36.0. The van der Waals surface area contributed by atoms with Crippen molar-refractivity contribution in [3.05, 3.63) is 193 Å². The third-order valence-corrected chi connectivity index (χ3v) is 10.8. The number of anilines is 6. The summed E-state index contributed by atoms with van der Waals surface area (Å²) in [6.45, 7) is 0. The van der Waals surface area contributed by atoms with Crippen LogP contribution in [-0.2, 0) is 6.42 Å². The molecule has 1 aliphatic rings. The SMILES string of the molecule is OC1CCCc2ccc(-c3cccc(N(c4ccccc4)c4cccc(N(c5ccccc5)c5cccc(-c6ccc7c8ccc(o8)c7c6)c5)c4)c3)cc21. The summed E-state index contributed by atoms with van der Waals surface area (Å²) in [6, 6.07) is 64.7. The van der Waals surface area contributed by atoms with Crippen molar-refractivity contribution in [1.82, 2.24) is 0 Å². The Kier molecular flexibility index (Phi) is 7.97. The number of benzene rings is 8. The highest BCUT2D eigenvalue weighted by Crippen LogP contribution is 2.43. The molecule has 0 saturated carbocycles. The van der Waals surface area contributed by atoms with Crippen molar-refractivity contribution in [2.75, 3.05) is 9.80 Å². The van der Waals surface area contributed by atoms with E-state index in [1.54, 1.807) is 0 Å². The number of para-hydroxylation sites is 2. The Morgan fingerprint density at radius 1 is 0.426 bits per heavy atom. The summed E-state index contributed by atoms with van der Waals surface area (Å²) in [5, 5.41) is 13.1. The van der Waals surface area contributed by atoms with Gasteiger partial charge in [0.2, 0.25) is 0 Å². The van der Waals surface area contributed by atoms with Gasteiger partial charge in [-0.3, -0.25) is 0 Å². The van der Waals surface area contributed by atoms with E-state index in [9.17, 15) is 5.11 Å². The predicted molar refractivity (Wildman–Crippen MR) is 223 cm³/mol. The standard InChI is InChI=1S/C50H38N2O2/c53-48-22-9-11-34-23-24-37(31-46(34)48)35-12-7-18-41(29-35)51(39-14-3-1-4-15-39)43-20-10-21-44(33-43)52(40-16-5-2-6-17-40)42-19-8-13-36(30-42)38-25-26-45-47(32-38)50-28-27-49(45)54-50/h1-8,10,12-21,23-33,48,53H,9,11,22H2. The second-order valence-corrected chi connectivity index (χ2v) is 14.2. The van der Waals surface area contributed by atoms with Crippen molar-refractivity contribution in [1.29, 1.82) is 0 Å². The molecular formula is C50H38N2O2. The van der Waals surface area contributed by atoms with E-state index in [1.165, 1.54) is 5.56 Å². The van der Waals surface area contributed by atoms with E-state index < -0.39 is 6.10 Å². The molecule has 260 valence electrons. The van der Waals surface area contributed by atoms with Crippen LogP contribution in [0.1, 0.15) is 30.1 Å². The third-order valence-electron chi connectivity index (χ3n) is 10.8. The molecule has 4 nitrogen and oxygen atoms in total. The average molecular weight is 699 g/mol. The maximum Gasteiger partial charge on any atom is 0.135 e. The molecule has 0 spiro atoms. The number of aliphatic hydroxyl groups excluding tert-OH is 1. The molecule has 1 aliphatic carbocycles. The highest BCUT2D eigenvalue weighted by Gasteiger charge is 2.21. The molecule has 4 heteroatoms. The number of furan rings is 2. The minimum atomic E-state index is -0.401. The fourth-order valence-corrected chi connectivity index (χ4v) is 8.19. The number of nitrogens with zero attached hydrogens (tertiary/aromatic N) is 2. The van der Waals surface area contributed by atoms with Crippen LogP contribution in [0.2, 0.25) is 0 Å². The van der Waals surface area contributed by atoms with Gasteiger partial charge in [-0.15, -0.1) is 0 Å². The summed E-state index contributed by atoms with van der Waals surface area (Å²) in [6.07, 6.45) is 2.47. The summed E-state index contributed by atoms with van der Waals surface area (Å²) in [5.41, 5.74) is 15.1. The van der Waals surface area contributed by atoms with Crippen molar-refractivity contribution >= 4 is 56.1 Å². The zero-order valence-electron chi connectivity index (χ0n) is 29.8. The highest BCUT2D eigenvalue weighted by molar-refractivity contribution is 6.08. The third kappa shape index (κ3) is 5.78. The van der Waals surface area contributed by atoms with Crippen LogP contribution in [0.4, 0.5) is 34.1 Å². The largest absolute Gasteiger partial charge is 0.456 e. The Bertz CT molecular complexity index is 2740. The first-order valence-corrected chi connectivity index (χ1v) is 18.7. The Balaban J connectivity index is 1.07. The Labute approximate surface area is 315 Å². The second kappa shape index (κ2) is 13.4. The molecule has 2 bridgehead atoms. The minimum Gasteiger partial charge on any atom is -0.456 e. The lowest BCUT2D eigenvalue weighted by atomic mass is 9.87. The molecule has 1 N–H and O–H groups in total. The topological polar surface area (TPSA) is 39.9 Å². The van der Waals surface area contributed by atoms with E-state index in [0.717, 1.165) is 103 Å². The number of hydrogen-bond donors (Lipinski definition) is 1. The summed E-state index contributed by atoms with van der Waals surface area (Å²) in [7, 11) is 0. The van der Waals surface area contributed by atoms with Gasteiger partial charge in [-0.1, -0.05) is 84.9 Å². The van der Waals surface area contributed by atoms with Crippen molar-refractivity contribution in [2.24, 2.45) is 0 Å². The van der Waals surface area contributed by atoms with Crippen LogP contribution >= 0.6 is 0 Å². The lowest BCUT2D eigenvalue weighted by Gasteiger charge is -2.30. The van der Waals surface area contributed by atoms with Crippen LogP contribution in [0.15, 0.2) is 186 Å². The normalized spacial score (nSPS) is 14.0. The molecule has 7 aromatic carbocycles. The molecule has 2 heterocycles. The van der Waals surface area contributed by atoms with Gasteiger partial charge in [-0.25, -0.2) is 0 Å². The quantitative estimate of drug-likeness (QED) is 0.171. The Morgan fingerprint density at radius 3 is 1.56 bits per heavy atom. The lowest BCUT2D eigenvalue weighted by Crippen LogP contribution is -2.13. The van der Waals surface area contributed by atoms with E-state index in [0.29, 0.717) is 0 Å². The fourth-order valence-electron chi connectivity index (χ4n) is 8.19. The van der Waals surface area contributed by atoms with Crippen molar-refractivity contribution in [3.63, 3.8) is 0 Å². The van der Waals surface area contributed by atoms with Gasteiger partial charge in [0.1, 0.15) is 11.2 Å². The summed E-state index contributed by atoms with van der Waals surface area (Å²) in [5.74, 6) is 0. The Morgan fingerprint density at radius 2 is 0.926 bits per heavy atom. The van der Waals surface area contributed by atoms with E-state index in [1.807, 2.05) is 6.07 Å². The van der Waals surface area contributed by atoms with E-state index >= 15 is 0 Å². The molecule has 0 aliphatic heterocycles. The van der Waals surface area contributed by atoms with Crippen LogP contribution in [-0.4, -0.2) is 5.11 Å². The molecule has 1 atom stereocenters. The number of aryl methyl sites for hydroxylation is 1. The van der Waals surface area contributed by atoms with Crippen LogP contribution in [0.5, 0.6) is 0 Å². The van der Waals surface area contributed by atoms with Gasteiger partial charge in [-0.2, -0.15) is 0 Å². The van der Waals surface area contributed by atoms with E-state index in [-0.39, 0.29) is 0 Å². The van der Waals surface area contributed by atoms with Crippen molar-refractivity contribution < 1.29 is 9.52 Å². The molecule has 10 rings (SSSR count). The number of aliphatic hydroxyl groups is 1. The number of hydrogen-bond acceptors (Lipinski definition) is 4. The van der Waals surface area contributed by atoms with Crippen LogP contribution in [0.25, 0.3) is 44.2 Å². The average Bonchev–Trinajstić information content (AvgIpc) is 3.86. The van der Waals surface area contributed by atoms with E-state index in [4.69, 9.17) is 4.42 Å². The van der Waals surface area contributed by atoms with Gasteiger partial charge in [0.05, 0.1) is 6.10 Å². The lowest BCUT2D eigenvalue weighted by molar-refractivity contribution is 0.156. The smallest absolute Gasteiger partial charge is 0.135 e. The maximum atomic E-state index is 10.8. The first kappa shape index (κ1) is 32.1. The molecule has 54 heavy (non-hydrogen) atoms. The van der Waals surface area contributed by atoms with Gasteiger partial charge in [0, 0.05) is 44.9 Å². The Hall–Kier alpha value is -6.62. The number of rotatable bonds is 8. The maximum absolute atomic E-state index is 10.8. The predicted octanol–water partition coefficient (Wildman–Crippen LogP) is 13.7. The summed E-state index contributed by atoms with van der Waals surface area (Å²) in [4.78, 5) is 4.65. The first-order chi connectivity index (χ1) is 26.7. The fraction of sp³-hybridized carbons (Fsp3) is 0.0800. The molecule has 0 amide bonds. The van der Waals surface area contributed by atoms with Gasteiger partial charge in [0.15, 0.2) is 0 Å². The zero-order valence-corrected chi connectivity index (χ0v) is 29.8. The first-order valence-electron chi connectivity index (χ1n) is 18.7. The summed E-state index contributed by atoms with van der Waals surface area (Å²) >= 11 is 0. The van der Waals surface area contributed by atoms with Crippen LogP contribution < -0.4 is 9.80 Å². The molecule has 0 radical (unpaired) electrons. The van der Waals surface area contributed by atoms with Gasteiger partial charge >= 0.3 is 0 Å². The molecule has 1 unspecified atom stereocenters.